The predicted molar refractivity (Wildman–Crippen MR) is 71.6 cm³/mol. The molecule has 0 radical (unpaired) electrons. The number of benzene rings is 1. The Hall–Kier alpha value is -1.35. The number of hydrogen-bond donors (Lipinski definition) is 0. The molecular formula is C14H16ClFN2. The molecule has 4 heteroatoms. The highest BCUT2D eigenvalue weighted by atomic mass is 35.5. The van der Waals surface area contributed by atoms with Gasteiger partial charge in [-0.25, -0.2) is 4.68 Å². The Balaban J connectivity index is 2.35. The lowest BCUT2D eigenvalue weighted by Crippen LogP contribution is -2.05. The van der Waals surface area contributed by atoms with Gasteiger partial charge in [-0.2, -0.15) is 9.49 Å². The molecule has 2 atom stereocenters. The van der Waals surface area contributed by atoms with Gasteiger partial charge in [-0.1, -0.05) is 38.5 Å². The number of aromatic nitrogens is 2. The van der Waals surface area contributed by atoms with Crippen LogP contribution in [-0.4, -0.2) is 9.78 Å². The van der Waals surface area contributed by atoms with Crippen LogP contribution in [0.15, 0.2) is 36.5 Å². The zero-order chi connectivity index (χ0) is 13.1. The molecule has 1 aromatic carbocycles. The van der Waals surface area contributed by atoms with Crippen LogP contribution in [0, 0.1) is 11.9 Å². The average molecular weight is 267 g/mol. The van der Waals surface area contributed by atoms with Crippen molar-refractivity contribution in [1.82, 2.24) is 9.78 Å². The highest BCUT2D eigenvalue weighted by molar-refractivity contribution is 6.20. The van der Waals surface area contributed by atoms with E-state index in [9.17, 15) is 4.39 Å². The zero-order valence-electron chi connectivity index (χ0n) is 10.5. The highest BCUT2D eigenvalue weighted by Crippen LogP contribution is 2.32. The van der Waals surface area contributed by atoms with Crippen LogP contribution in [0.1, 0.15) is 31.2 Å². The molecule has 2 rings (SSSR count). The fourth-order valence-electron chi connectivity index (χ4n) is 1.79. The van der Waals surface area contributed by atoms with E-state index in [-0.39, 0.29) is 17.2 Å². The number of nitrogens with zero attached hydrogens (tertiary/aromatic N) is 2. The van der Waals surface area contributed by atoms with Crippen molar-refractivity contribution < 1.29 is 4.39 Å². The summed E-state index contributed by atoms with van der Waals surface area (Å²) < 4.78 is 15.6. The molecule has 0 bridgehead atoms. The quantitative estimate of drug-likeness (QED) is 0.753. The Bertz CT molecular complexity index is 510. The van der Waals surface area contributed by atoms with E-state index in [2.05, 4.69) is 5.10 Å². The number of para-hydroxylation sites is 1. The molecule has 2 nitrogen and oxygen atoms in total. The Morgan fingerprint density at radius 3 is 2.61 bits per heavy atom. The van der Waals surface area contributed by atoms with Crippen molar-refractivity contribution in [3.05, 3.63) is 48.0 Å². The fraction of sp³-hybridized carbons (Fsp3) is 0.357. The van der Waals surface area contributed by atoms with Gasteiger partial charge < -0.3 is 0 Å². The summed E-state index contributed by atoms with van der Waals surface area (Å²) in [5, 5.41) is 3.74. The van der Waals surface area contributed by atoms with Crippen molar-refractivity contribution in [2.45, 2.75) is 25.6 Å². The minimum absolute atomic E-state index is 0.217. The Morgan fingerprint density at radius 2 is 2.00 bits per heavy atom. The average Bonchev–Trinajstić information content (AvgIpc) is 2.80. The van der Waals surface area contributed by atoms with E-state index in [1.165, 1.54) is 10.9 Å². The molecule has 0 aliphatic heterocycles. The van der Waals surface area contributed by atoms with Gasteiger partial charge in [0.05, 0.1) is 17.3 Å². The third-order valence-corrected chi connectivity index (χ3v) is 3.84. The molecule has 0 N–H and O–H groups in total. The lowest BCUT2D eigenvalue weighted by molar-refractivity contribution is 0.490. The summed E-state index contributed by atoms with van der Waals surface area (Å²) in [6.45, 7) is 4.05. The van der Waals surface area contributed by atoms with Crippen molar-refractivity contribution >= 4 is 11.6 Å². The smallest absolute Gasteiger partial charge is 0.206 e. The topological polar surface area (TPSA) is 17.8 Å². The molecule has 0 aliphatic rings. The lowest BCUT2D eigenvalue weighted by atomic mass is 10.0. The van der Waals surface area contributed by atoms with Gasteiger partial charge in [0.25, 0.3) is 0 Å². The van der Waals surface area contributed by atoms with Crippen LogP contribution in [0.5, 0.6) is 0 Å². The monoisotopic (exact) mass is 266 g/mol. The normalized spacial score (nSPS) is 14.4. The van der Waals surface area contributed by atoms with E-state index in [1.54, 1.807) is 0 Å². The maximum Gasteiger partial charge on any atom is 0.220 e. The van der Waals surface area contributed by atoms with Crippen LogP contribution < -0.4 is 0 Å². The third kappa shape index (κ3) is 2.41. The molecule has 1 aromatic heterocycles. The lowest BCUT2D eigenvalue weighted by Gasteiger charge is -2.14. The van der Waals surface area contributed by atoms with Crippen LogP contribution in [0.25, 0.3) is 5.69 Å². The minimum atomic E-state index is -0.374. The first-order chi connectivity index (χ1) is 8.65. The first-order valence-corrected chi connectivity index (χ1v) is 6.51. The maximum atomic E-state index is 14.3. The molecule has 2 aromatic rings. The van der Waals surface area contributed by atoms with Crippen LogP contribution in [0.4, 0.5) is 4.39 Å². The van der Waals surface area contributed by atoms with Crippen molar-refractivity contribution in [1.29, 1.82) is 0 Å². The number of halogens is 2. The summed E-state index contributed by atoms with van der Waals surface area (Å²) >= 11 is 6.27. The van der Waals surface area contributed by atoms with Crippen LogP contribution in [0.2, 0.25) is 0 Å². The van der Waals surface area contributed by atoms with Crippen LogP contribution in [0.3, 0.4) is 0 Å². The maximum absolute atomic E-state index is 14.3. The number of alkyl halides is 1. The van der Waals surface area contributed by atoms with Crippen molar-refractivity contribution in [3.63, 3.8) is 0 Å². The van der Waals surface area contributed by atoms with E-state index >= 15 is 0 Å². The summed E-state index contributed by atoms with van der Waals surface area (Å²) in [6.07, 6.45) is 2.43. The first-order valence-electron chi connectivity index (χ1n) is 6.08. The highest BCUT2D eigenvalue weighted by Gasteiger charge is 2.22. The summed E-state index contributed by atoms with van der Waals surface area (Å²) in [5.74, 6) is -0.156. The summed E-state index contributed by atoms with van der Waals surface area (Å²) in [4.78, 5) is 0. The summed E-state index contributed by atoms with van der Waals surface area (Å²) in [6, 6.07) is 9.21. The van der Waals surface area contributed by atoms with E-state index in [0.717, 1.165) is 6.42 Å². The van der Waals surface area contributed by atoms with E-state index in [4.69, 9.17) is 11.6 Å². The molecule has 0 saturated carbocycles. The molecule has 0 amide bonds. The van der Waals surface area contributed by atoms with Crippen LogP contribution >= 0.6 is 11.6 Å². The first kappa shape index (κ1) is 13.1. The summed E-state index contributed by atoms with van der Waals surface area (Å²) in [5.41, 5.74) is 1.17. The SMILES string of the molecule is CCC(C)C(Cl)c1cnn(-c2ccccc2)c1F. The van der Waals surface area contributed by atoms with Gasteiger partial charge in [0.1, 0.15) is 0 Å². The van der Waals surface area contributed by atoms with Gasteiger partial charge in [-0.3, -0.25) is 0 Å². The van der Waals surface area contributed by atoms with Gasteiger partial charge in [-0.05, 0) is 18.1 Å². The molecule has 0 spiro atoms. The molecule has 96 valence electrons. The Kier molecular flexibility index (Phi) is 4.02. The molecule has 1 heterocycles. The second-order valence-electron chi connectivity index (χ2n) is 4.43. The second-order valence-corrected chi connectivity index (χ2v) is 4.90. The molecule has 2 unspecified atom stereocenters. The molecule has 0 fully saturated rings. The van der Waals surface area contributed by atoms with Gasteiger partial charge in [-0.15, -0.1) is 11.6 Å². The minimum Gasteiger partial charge on any atom is -0.206 e. The number of hydrogen-bond acceptors (Lipinski definition) is 1. The van der Waals surface area contributed by atoms with Crippen LogP contribution in [-0.2, 0) is 0 Å². The van der Waals surface area contributed by atoms with Crippen molar-refractivity contribution in [2.24, 2.45) is 5.92 Å². The van der Waals surface area contributed by atoms with Gasteiger partial charge in [0, 0.05) is 5.56 Å². The van der Waals surface area contributed by atoms with E-state index in [1.807, 2.05) is 44.2 Å². The van der Waals surface area contributed by atoms with Crippen molar-refractivity contribution in [3.8, 4) is 5.69 Å². The second kappa shape index (κ2) is 5.53. The molecule has 0 aliphatic carbocycles. The van der Waals surface area contributed by atoms with Crippen molar-refractivity contribution in [2.75, 3.05) is 0 Å². The van der Waals surface area contributed by atoms with Gasteiger partial charge >= 0.3 is 0 Å². The van der Waals surface area contributed by atoms with E-state index in [0.29, 0.717) is 11.3 Å². The largest absolute Gasteiger partial charge is 0.220 e. The fourth-order valence-corrected chi connectivity index (χ4v) is 2.12. The molecule has 18 heavy (non-hydrogen) atoms. The Morgan fingerprint density at radius 1 is 1.33 bits per heavy atom. The standard InChI is InChI=1S/C14H16ClFN2/c1-3-10(2)13(15)12-9-17-18(14(12)16)11-7-5-4-6-8-11/h4-10,13H,3H2,1-2H3. The summed E-state index contributed by atoms with van der Waals surface area (Å²) in [7, 11) is 0. The van der Waals surface area contributed by atoms with Gasteiger partial charge in [0.15, 0.2) is 0 Å². The molecule has 0 saturated heterocycles. The Labute approximate surface area is 111 Å². The number of rotatable bonds is 4. The predicted octanol–water partition coefficient (Wildman–Crippen LogP) is 4.34. The van der Waals surface area contributed by atoms with E-state index < -0.39 is 0 Å². The van der Waals surface area contributed by atoms with Gasteiger partial charge in [0.2, 0.25) is 5.95 Å². The third-order valence-electron chi connectivity index (χ3n) is 3.18. The molecular weight excluding hydrogens is 251 g/mol. The zero-order valence-corrected chi connectivity index (χ0v) is 11.2.